The van der Waals surface area contributed by atoms with Gasteiger partial charge in [-0.1, -0.05) is 303 Å². The minimum atomic E-state index is 0.457. The lowest BCUT2D eigenvalue weighted by atomic mass is 9.95. The standard InChI is InChI=1S/C119H71N13S/c1-5-29-72(30-6-1)73-55-57-75(58-56-73)114-122-115(79-35-27-33-76(67-79)77-59-63-105-95(69-77)88-45-17-24-52-102(88)130(105)117-112-92(65-66-120-117)96-70-83(60-64-106(96)133-112)127-98-48-20-13-41-84(98)85-42-14-21-49-99(85)127)126-119(124-114)132-104-54-26-19-47-93(104)107-94(71-97-89-46-18-23-51-101(89)129(110(97)111(107)132)82-39-11-4-12-40-82)78-34-28-36-80(68-78)116-121-113(74-31-7-2-8-32-74)123-118(125-116)131-103-53-25-16-44-87(103)91-62-61-90-86-43-15-22-50-100(86)128(108(90)109(91)131)81-37-9-3-10-38-81/h1-71H. The predicted octanol–water partition coefficient (Wildman–Crippen LogP) is 30.1. The fourth-order valence-corrected chi connectivity index (χ4v) is 22.3. The summed E-state index contributed by atoms with van der Waals surface area (Å²) in [5, 5.41) is 15.7. The third kappa shape index (κ3) is 11.4. The van der Waals surface area contributed by atoms with Crippen molar-refractivity contribution in [3.63, 3.8) is 0 Å². The van der Waals surface area contributed by atoms with E-state index < -0.39 is 0 Å². The summed E-state index contributed by atoms with van der Waals surface area (Å²) in [4.78, 5) is 39.3. The molecule has 0 unspecified atom stereocenters. The summed E-state index contributed by atoms with van der Waals surface area (Å²) in [6.07, 6.45) is 1.98. The van der Waals surface area contributed by atoms with Gasteiger partial charge in [-0.05, 0) is 155 Å². The highest BCUT2D eigenvalue weighted by Gasteiger charge is 2.30. The average Bonchev–Trinajstić information content (AvgIpc) is 1.56. The van der Waals surface area contributed by atoms with E-state index in [0.717, 1.165) is 192 Å². The molecular weight excluding hydrogens is 1640 g/mol. The predicted molar refractivity (Wildman–Crippen MR) is 548 cm³/mol. The molecule has 0 aliphatic heterocycles. The highest BCUT2D eigenvalue weighted by molar-refractivity contribution is 7.26. The van der Waals surface area contributed by atoms with Gasteiger partial charge in [0, 0.05) is 126 Å². The Bertz CT molecular complexity index is 9670. The fraction of sp³-hybridized carbons (Fsp3) is 0. The van der Waals surface area contributed by atoms with Gasteiger partial charge < -0.3 is 13.7 Å². The smallest absolute Gasteiger partial charge is 0.238 e. The van der Waals surface area contributed by atoms with Crippen molar-refractivity contribution in [1.29, 1.82) is 0 Å². The Morgan fingerprint density at radius 1 is 0.188 bits per heavy atom. The summed E-state index contributed by atoms with van der Waals surface area (Å²) in [6, 6.07) is 152. The van der Waals surface area contributed by atoms with Gasteiger partial charge >= 0.3 is 0 Å². The molecule has 0 fully saturated rings. The third-order valence-corrected chi connectivity index (χ3v) is 28.1. The number of hydrogen-bond acceptors (Lipinski definition) is 8. The first-order chi connectivity index (χ1) is 66.0. The van der Waals surface area contributed by atoms with Crippen LogP contribution in [0.5, 0.6) is 0 Å². The van der Waals surface area contributed by atoms with Gasteiger partial charge in [0.2, 0.25) is 11.9 Å². The summed E-state index contributed by atoms with van der Waals surface area (Å²) < 4.78 is 16.5. The van der Waals surface area contributed by atoms with Crippen LogP contribution in [-0.2, 0) is 0 Å². The maximum atomic E-state index is 5.84. The van der Waals surface area contributed by atoms with Gasteiger partial charge in [-0.3, -0.25) is 13.7 Å². The Balaban J connectivity index is 0.634. The van der Waals surface area contributed by atoms with Crippen molar-refractivity contribution in [1.82, 2.24) is 62.3 Å². The summed E-state index contributed by atoms with van der Waals surface area (Å²) in [5.74, 6) is 3.96. The van der Waals surface area contributed by atoms with Crippen LogP contribution in [0.25, 0.3) is 265 Å². The Kier molecular flexibility index (Phi) is 16.4. The fourth-order valence-electron chi connectivity index (χ4n) is 21.1. The maximum absolute atomic E-state index is 5.84. The molecule has 0 aliphatic carbocycles. The summed E-state index contributed by atoms with van der Waals surface area (Å²) in [5.41, 5.74) is 25.3. The molecule has 14 heteroatoms. The third-order valence-electron chi connectivity index (χ3n) is 27.0. The van der Waals surface area contributed by atoms with Gasteiger partial charge in [0.05, 0.1) is 70.9 Å². The van der Waals surface area contributed by atoms with Crippen molar-refractivity contribution in [2.24, 2.45) is 0 Å². The minimum absolute atomic E-state index is 0.457. The Hall–Kier alpha value is -17.9. The van der Waals surface area contributed by atoms with Gasteiger partial charge in [-0.25, -0.2) is 15.0 Å². The Labute approximate surface area is 763 Å². The minimum Gasteiger partial charge on any atom is -0.309 e. The second-order valence-electron chi connectivity index (χ2n) is 34.3. The van der Waals surface area contributed by atoms with Crippen LogP contribution in [0.3, 0.4) is 0 Å². The molecule has 10 aromatic heterocycles. The average molecular weight is 1720 g/mol. The van der Waals surface area contributed by atoms with Crippen LogP contribution >= 0.6 is 11.3 Å². The highest BCUT2D eigenvalue weighted by atomic mass is 32.1. The summed E-state index contributed by atoms with van der Waals surface area (Å²) in [7, 11) is 0. The number of aromatic nitrogens is 13. The Morgan fingerprint density at radius 2 is 0.564 bits per heavy atom. The molecule has 28 aromatic rings. The molecule has 18 aromatic carbocycles. The zero-order chi connectivity index (χ0) is 87.0. The highest BCUT2D eigenvalue weighted by Crippen LogP contribution is 2.50. The summed E-state index contributed by atoms with van der Waals surface area (Å²) in [6.45, 7) is 0. The first-order valence-corrected chi connectivity index (χ1v) is 45.6. The molecule has 0 spiro atoms. The zero-order valence-electron chi connectivity index (χ0n) is 71.2. The number of rotatable bonds is 13. The number of para-hydroxylation sites is 9. The maximum Gasteiger partial charge on any atom is 0.238 e. The van der Waals surface area contributed by atoms with Gasteiger partial charge in [0.15, 0.2) is 29.1 Å². The molecule has 0 N–H and O–H groups in total. The van der Waals surface area contributed by atoms with Gasteiger partial charge in [-0.2, -0.15) is 19.9 Å². The van der Waals surface area contributed by atoms with E-state index in [9.17, 15) is 0 Å². The van der Waals surface area contributed by atoms with E-state index in [1.54, 1.807) is 11.3 Å². The first kappa shape index (κ1) is 74.3. The van der Waals surface area contributed by atoms with Crippen LogP contribution in [0.1, 0.15) is 0 Å². The van der Waals surface area contributed by atoms with E-state index in [2.05, 4.69) is 434 Å². The molecule has 0 saturated carbocycles. The van der Waals surface area contributed by atoms with Gasteiger partial charge in [0.1, 0.15) is 0 Å². The van der Waals surface area contributed by atoms with Crippen LogP contribution in [0, 0.1) is 0 Å². The molecule has 13 nitrogen and oxygen atoms in total. The van der Waals surface area contributed by atoms with E-state index in [4.69, 9.17) is 34.9 Å². The molecule has 0 atom stereocenters. The molecule has 0 amide bonds. The lowest BCUT2D eigenvalue weighted by Crippen LogP contribution is -2.07. The molecule has 0 radical (unpaired) electrons. The van der Waals surface area contributed by atoms with Crippen molar-refractivity contribution in [3.8, 4) is 114 Å². The molecule has 28 rings (SSSR count). The van der Waals surface area contributed by atoms with E-state index >= 15 is 0 Å². The van der Waals surface area contributed by atoms with E-state index in [1.165, 1.54) is 37.3 Å². The van der Waals surface area contributed by atoms with Crippen LogP contribution < -0.4 is 0 Å². The largest absolute Gasteiger partial charge is 0.309 e. The lowest BCUT2D eigenvalue weighted by molar-refractivity contribution is 0.953. The van der Waals surface area contributed by atoms with E-state index in [0.29, 0.717) is 35.2 Å². The molecule has 0 aliphatic rings. The number of benzene rings is 18. The number of hydrogen-bond donors (Lipinski definition) is 0. The zero-order valence-corrected chi connectivity index (χ0v) is 72.0. The lowest BCUT2D eigenvalue weighted by Gasteiger charge is -2.15. The van der Waals surface area contributed by atoms with Crippen LogP contribution in [0.15, 0.2) is 431 Å². The molecule has 618 valence electrons. The summed E-state index contributed by atoms with van der Waals surface area (Å²) >= 11 is 1.80. The first-order valence-electron chi connectivity index (χ1n) is 44.8. The second-order valence-corrected chi connectivity index (χ2v) is 35.3. The van der Waals surface area contributed by atoms with Gasteiger partial charge in [0.25, 0.3) is 0 Å². The second kappa shape index (κ2) is 29.3. The van der Waals surface area contributed by atoms with Crippen molar-refractivity contribution in [2.45, 2.75) is 0 Å². The van der Waals surface area contributed by atoms with Gasteiger partial charge in [-0.15, -0.1) is 11.3 Å². The van der Waals surface area contributed by atoms with Crippen LogP contribution in [0.4, 0.5) is 0 Å². The monoisotopic (exact) mass is 1710 g/mol. The SMILES string of the molecule is c1ccc(-c2ccc(-c3nc(-c4cccc(-c5ccc6c(c5)c5ccccc5n6-c5nccc6c5sc5ccc(-n7c8ccccc8c8ccccc87)cc56)c4)nc(-n4c5ccccc5c5c(-c6cccc(-c7nc(-c8ccccc8)nc(-n8c9ccccc9c9ccc%10c%11ccccc%11n(-c%11ccccc%11)c%10c98)n7)c6)cc6c7ccccc7n(-c7ccccc7)c6c54)n3)cc2)cc1. The molecule has 10 heterocycles. The molecular formula is C119H71N13S. The van der Waals surface area contributed by atoms with Crippen LogP contribution in [-0.4, -0.2) is 62.3 Å². The molecule has 0 bridgehead atoms. The van der Waals surface area contributed by atoms with Crippen molar-refractivity contribution < 1.29 is 0 Å². The van der Waals surface area contributed by atoms with E-state index in [1.807, 2.05) is 24.4 Å². The number of nitrogens with zero attached hydrogens (tertiary/aromatic N) is 13. The van der Waals surface area contributed by atoms with Crippen LogP contribution in [0.2, 0.25) is 0 Å². The Morgan fingerprint density at radius 3 is 1.14 bits per heavy atom. The topological polar surface area (TPSA) is 120 Å². The van der Waals surface area contributed by atoms with Crippen molar-refractivity contribution in [3.05, 3.63) is 431 Å². The number of fused-ring (bicyclic) bond motifs is 23. The van der Waals surface area contributed by atoms with E-state index in [-0.39, 0.29) is 0 Å². The van der Waals surface area contributed by atoms with Crippen molar-refractivity contribution in [2.75, 3.05) is 0 Å². The van der Waals surface area contributed by atoms with Crippen molar-refractivity contribution >= 4 is 162 Å². The quantitative estimate of drug-likeness (QED) is 0.113. The molecule has 133 heavy (non-hydrogen) atoms. The normalized spacial score (nSPS) is 12.1. The number of pyridine rings is 1. The molecule has 0 saturated heterocycles. The number of thiophene rings is 1.